The van der Waals surface area contributed by atoms with Gasteiger partial charge in [-0.25, -0.2) is 0 Å². The molecule has 1 aromatic carbocycles. The molecule has 1 aromatic heterocycles. The summed E-state index contributed by atoms with van der Waals surface area (Å²) in [6.45, 7) is 3.16. The molecule has 2 heterocycles. The SMILES string of the molecule is FC(F)(F)c1cccc([C@H](c2ccco2)N2CCNCC2)c1. The number of benzene rings is 1. The van der Waals surface area contributed by atoms with Gasteiger partial charge in [0.1, 0.15) is 5.76 Å². The Labute approximate surface area is 126 Å². The zero-order valence-corrected chi connectivity index (χ0v) is 11.9. The highest BCUT2D eigenvalue weighted by atomic mass is 19.4. The van der Waals surface area contributed by atoms with Crippen LogP contribution in [0.1, 0.15) is 22.9 Å². The molecule has 1 aliphatic heterocycles. The number of piperazine rings is 1. The van der Waals surface area contributed by atoms with E-state index in [1.165, 1.54) is 12.1 Å². The van der Waals surface area contributed by atoms with Gasteiger partial charge in [0, 0.05) is 26.2 Å². The molecule has 0 bridgehead atoms. The number of nitrogens with one attached hydrogen (secondary N) is 1. The van der Waals surface area contributed by atoms with E-state index >= 15 is 0 Å². The molecule has 0 amide bonds. The summed E-state index contributed by atoms with van der Waals surface area (Å²) in [7, 11) is 0. The van der Waals surface area contributed by atoms with E-state index in [4.69, 9.17) is 4.42 Å². The van der Waals surface area contributed by atoms with Gasteiger partial charge in [-0.1, -0.05) is 12.1 Å². The predicted molar refractivity (Wildman–Crippen MR) is 76.4 cm³/mol. The van der Waals surface area contributed by atoms with Crippen molar-refractivity contribution in [2.24, 2.45) is 0 Å². The van der Waals surface area contributed by atoms with Crippen LogP contribution in [0.15, 0.2) is 47.1 Å². The third-order valence-electron chi connectivity index (χ3n) is 3.86. The van der Waals surface area contributed by atoms with Crippen LogP contribution in [-0.4, -0.2) is 31.1 Å². The maximum Gasteiger partial charge on any atom is 0.416 e. The second kappa shape index (κ2) is 6.14. The summed E-state index contributed by atoms with van der Waals surface area (Å²) in [6, 6.07) is 8.78. The van der Waals surface area contributed by atoms with E-state index in [2.05, 4.69) is 10.2 Å². The van der Waals surface area contributed by atoms with E-state index < -0.39 is 11.7 Å². The van der Waals surface area contributed by atoms with E-state index in [1.807, 2.05) is 6.07 Å². The van der Waals surface area contributed by atoms with Crippen molar-refractivity contribution in [3.05, 3.63) is 59.5 Å². The first-order valence-electron chi connectivity index (χ1n) is 7.21. The van der Waals surface area contributed by atoms with Gasteiger partial charge in [0.05, 0.1) is 17.9 Å². The van der Waals surface area contributed by atoms with Crippen molar-refractivity contribution in [2.45, 2.75) is 12.2 Å². The van der Waals surface area contributed by atoms with Gasteiger partial charge in [0.25, 0.3) is 0 Å². The highest BCUT2D eigenvalue weighted by Gasteiger charge is 2.32. The van der Waals surface area contributed by atoms with E-state index in [-0.39, 0.29) is 6.04 Å². The molecular formula is C16H17F3N2O. The molecule has 1 atom stereocenters. The Hall–Kier alpha value is -1.79. The van der Waals surface area contributed by atoms with Crippen LogP contribution >= 0.6 is 0 Å². The number of furan rings is 1. The first-order valence-corrected chi connectivity index (χ1v) is 7.21. The molecule has 6 heteroatoms. The van der Waals surface area contributed by atoms with Crippen LogP contribution in [0.4, 0.5) is 13.2 Å². The average Bonchev–Trinajstić information content (AvgIpc) is 3.02. The first-order chi connectivity index (χ1) is 10.6. The molecule has 0 spiro atoms. The Bertz CT molecular complexity index is 604. The minimum atomic E-state index is -4.34. The maximum atomic E-state index is 13.0. The third kappa shape index (κ3) is 3.18. The number of alkyl halides is 3. The van der Waals surface area contributed by atoms with Gasteiger partial charge < -0.3 is 9.73 Å². The Balaban J connectivity index is 1.99. The maximum absolute atomic E-state index is 13.0. The summed E-state index contributed by atoms with van der Waals surface area (Å²) in [4.78, 5) is 2.14. The quantitative estimate of drug-likeness (QED) is 0.943. The average molecular weight is 310 g/mol. The van der Waals surface area contributed by atoms with Gasteiger partial charge in [-0.05, 0) is 29.8 Å². The first kappa shape index (κ1) is 15.1. The molecule has 3 rings (SSSR count). The van der Waals surface area contributed by atoms with Crippen molar-refractivity contribution >= 4 is 0 Å². The van der Waals surface area contributed by atoms with Crippen molar-refractivity contribution in [1.82, 2.24) is 10.2 Å². The number of hydrogen-bond acceptors (Lipinski definition) is 3. The van der Waals surface area contributed by atoms with Gasteiger partial charge in [0.15, 0.2) is 0 Å². The van der Waals surface area contributed by atoms with Crippen LogP contribution in [0.3, 0.4) is 0 Å². The van der Waals surface area contributed by atoms with Crippen LogP contribution in [0.2, 0.25) is 0 Å². The predicted octanol–water partition coefficient (Wildman–Crippen LogP) is 3.29. The van der Waals surface area contributed by atoms with E-state index in [0.29, 0.717) is 11.3 Å². The van der Waals surface area contributed by atoms with Crippen molar-refractivity contribution in [3.8, 4) is 0 Å². The highest BCUT2D eigenvalue weighted by Crippen LogP contribution is 2.34. The normalized spacial score (nSPS) is 18.3. The fourth-order valence-corrected chi connectivity index (χ4v) is 2.83. The number of hydrogen-bond donors (Lipinski definition) is 1. The lowest BCUT2D eigenvalue weighted by Gasteiger charge is -2.34. The topological polar surface area (TPSA) is 28.4 Å². The largest absolute Gasteiger partial charge is 0.467 e. The zero-order valence-electron chi connectivity index (χ0n) is 11.9. The summed E-state index contributed by atoms with van der Waals surface area (Å²) in [5.41, 5.74) is -0.0247. The molecule has 118 valence electrons. The molecule has 1 aliphatic rings. The van der Waals surface area contributed by atoms with E-state index in [9.17, 15) is 13.2 Å². The van der Waals surface area contributed by atoms with Crippen LogP contribution in [0.25, 0.3) is 0 Å². The van der Waals surface area contributed by atoms with Crippen LogP contribution < -0.4 is 5.32 Å². The molecule has 22 heavy (non-hydrogen) atoms. The highest BCUT2D eigenvalue weighted by molar-refractivity contribution is 5.32. The van der Waals surface area contributed by atoms with Crippen LogP contribution in [0, 0.1) is 0 Å². The molecule has 0 aliphatic carbocycles. The zero-order chi connectivity index (χ0) is 15.6. The minimum absolute atomic E-state index is 0.292. The molecule has 0 radical (unpaired) electrons. The second-order valence-electron chi connectivity index (χ2n) is 5.33. The van der Waals surface area contributed by atoms with E-state index in [1.54, 1.807) is 18.4 Å². The molecule has 1 N–H and O–H groups in total. The summed E-state index contributed by atoms with van der Waals surface area (Å²) in [5, 5.41) is 3.25. The van der Waals surface area contributed by atoms with Gasteiger partial charge in [0.2, 0.25) is 0 Å². The van der Waals surface area contributed by atoms with Gasteiger partial charge in [-0.3, -0.25) is 4.90 Å². The summed E-state index contributed by atoms with van der Waals surface area (Å²) in [6.07, 6.45) is -2.79. The number of nitrogens with zero attached hydrogens (tertiary/aromatic N) is 1. The Morgan fingerprint density at radius 3 is 2.50 bits per heavy atom. The lowest BCUT2D eigenvalue weighted by Crippen LogP contribution is -2.45. The van der Waals surface area contributed by atoms with Crippen LogP contribution in [0.5, 0.6) is 0 Å². The van der Waals surface area contributed by atoms with Crippen molar-refractivity contribution in [2.75, 3.05) is 26.2 Å². The van der Waals surface area contributed by atoms with Crippen LogP contribution in [-0.2, 0) is 6.18 Å². The lowest BCUT2D eigenvalue weighted by atomic mass is 9.99. The second-order valence-corrected chi connectivity index (χ2v) is 5.33. The van der Waals surface area contributed by atoms with Crippen molar-refractivity contribution in [1.29, 1.82) is 0 Å². The molecule has 3 nitrogen and oxygen atoms in total. The fraction of sp³-hybridized carbons (Fsp3) is 0.375. The van der Waals surface area contributed by atoms with Crippen molar-refractivity contribution < 1.29 is 17.6 Å². The molecule has 2 aromatic rings. The smallest absolute Gasteiger partial charge is 0.416 e. The van der Waals surface area contributed by atoms with Crippen molar-refractivity contribution in [3.63, 3.8) is 0 Å². The van der Waals surface area contributed by atoms with Gasteiger partial charge in [-0.2, -0.15) is 13.2 Å². The number of rotatable bonds is 3. The third-order valence-corrected chi connectivity index (χ3v) is 3.86. The fourth-order valence-electron chi connectivity index (χ4n) is 2.83. The van der Waals surface area contributed by atoms with E-state index in [0.717, 1.165) is 32.2 Å². The summed E-state index contributed by atoms with van der Waals surface area (Å²) >= 11 is 0. The molecule has 1 saturated heterocycles. The lowest BCUT2D eigenvalue weighted by molar-refractivity contribution is -0.137. The number of halogens is 3. The standard InChI is InChI=1S/C16H17F3N2O/c17-16(18,19)13-4-1-3-12(11-13)15(14-5-2-10-22-14)21-8-6-20-7-9-21/h1-5,10-11,15,20H,6-9H2/t15-/m1/s1. The Morgan fingerprint density at radius 1 is 1.09 bits per heavy atom. The van der Waals surface area contributed by atoms with Gasteiger partial charge >= 0.3 is 6.18 Å². The molecule has 0 unspecified atom stereocenters. The Kier molecular flexibility index (Phi) is 4.22. The monoisotopic (exact) mass is 310 g/mol. The summed E-state index contributed by atoms with van der Waals surface area (Å²) in [5.74, 6) is 0.668. The molecule has 0 saturated carbocycles. The Morgan fingerprint density at radius 2 is 1.86 bits per heavy atom. The molecular weight excluding hydrogens is 293 g/mol. The minimum Gasteiger partial charge on any atom is -0.467 e. The molecule has 1 fully saturated rings. The van der Waals surface area contributed by atoms with Gasteiger partial charge in [-0.15, -0.1) is 0 Å². The summed E-state index contributed by atoms with van der Waals surface area (Å²) < 4.78 is 44.4.